The molecule has 0 N–H and O–H groups in total. The van der Waals surface area contributed by atoms with Crippen molar-refractivity contribution in [3.8, 4) is 0 Å². The van der Waals surface area contributed by atoms with Gasteiger partial charge in [0.15, 0.2) is 0 Å². The van der Waals surface area contributed by atoms with Crippen molar-refractivity contribution >= 4 is 0 Å². The number of hydrogen-bond donors (Lipinski definition) is 0. The Bertz CT molecular complexity index is 234. The van der Waals surface area contributed by atoms with E-state index in [4.69, 9.17) is 4.74 Å². The predicted octanol–water partition coefficient (Wildman–Crippen LogP) is 2.23. The lowest BCUT2D eigenvalue weighted by molar-refractivity contribution is 0.103. The number of rotatable bonds is 3. The number of halogens is 1. The number of alkyl halides is 1. The number of methoxy groups -OCH3 is 1. The maximum atomic E-state index is 13.5. The van der Waals surface area contributed by atoms with Crippen LogP contribution in [0.3, 0.4) is 0 Å². The summed E-state index contributed by atoms with van der Waals surface area (Å²) in [6.07, 6.45) is 2.53. The van der Waals surface area contributed by atoms with Gasteiger partial charge < -0.3 is 4.74 Å². The van der Waals surface area contributed by atoms with E-state index in [1.54, 1.807) is 7.11 Å². The minimum atomic E-state index is -0.624. The van der Waals surface area contributed by atoms with Crippen molar-refractivity contribution in [3.63, 3.8) is 0 Å². The van der Waals surface area contributed by atoms with Gasteiger partial charge in [-0.3, -0.25) is 4.90 Å². The molecule has 2 aliphatic rings. The average Bonchev–Trinajstić information content (AvgIpc) is 2.54. The second-order valence-electron chi connectivity index (χ2n) is 5.59. The summed E-state index contributed by atoms with van der Waals surface area (Å²) < 4.78 is 18.9. The molecule has 15 heavy (non-hydrogen) atoms. The van der Waals surface area contributed by atoms with Crippen LogP contribution in [0.1, 0.15) is 33.1 Å². The van der Waals surface area contributed by atoms with Gasteiger partial charge in [-0.25, -0.2) is 4.39 Å². The van der Waals surface area contributed by atoms with Crippen molar-refractivity contribution in [2.24, 2.45) is 5.92 Å². The minimum Gasteiger partial charge on any atom is -0.380 e. The smallest absolute Gasteiger partial charge is 0.115 e. The first-order valence-electron chi connectivity index (χ1n) is 5.97. The molecule has 2 heterocycles. The third-order valence-corrected chi connectivity index (χ3v) is 3.84. The summed E-state index contributed by atoms with van der Waals surface area (Å²) in [4.78, 5) is 2.33. The highest BCUT2D eigenvalue weighted by atomic mass is 19.1. The highest BCUT2D eigenvalue weighted by Crippen LogP contribution is 2.44. The maximum Gasteiger partial charge on any atom is 0.115 e. The van der Waals surface area contributed by atoms with Crippen LogP contribution >= 0.6 is 0 Å². The molecule has 0 aromatic heterocycles. The first-order chi connectivity index (χ1) is 7.05. The number of hydrogen-bond acceptors (Lipinski definition) is 2. The standard InChI is InChI=1S/C12H22FNO/c1-9(2)4-12-5-10(13)7-14(12)8-11(6-12)15-3/h9-11H,4-8H2,1-3H3/t10-,11-,12+/m1/s1. The van der Waals surface area contributed by atoms with E-state index < -0.39 is 6.17 Å². The summed E-state index contributed by atoms with van der Waals surface area (Å²) in [7, 11) is 1.77. The fourth-order valence-corrected chi connectivity index (χ4v) is 3.47. The van der Waals surface area contributed by atoms with Crippen LogP contribution in [0.4, 0.5) is 4.39 Å². The van der Waals surface area contributed by atoms with Crippen LogP contribution in [0.2, 0.25) is 0 Å². The molecule has 0 amide bonds. The topological polar surface area (TPSA) is 12.5 Å². The Kier molecular flexibility index (Phi) is 3.04. The largest absolute Gasteiger partial charge is 0.380 e. The van der Waals surface area contributed by atoms with Gasteiger partial charge in [0.2, 0.25) is 0 Å². The Labute approximate surface area is 91.8 Å². The SMILES string of the molecule is CO[C@H]1CN2C[C@H](F)C[C@@]2(CC(C)C)C1. The Morgan fingerprint density at radius 2 is 2.13 bits per heavy atom. The van der Waals surface area contributed by atoms with Crippen molar-refractivity contribution in [3.05, 3.63) is 0 Å². The number of fused-ring (bicyclic) bond motifs is 1. The monoisotopic (exact) mass is 215 g/mol. The lowest BCUT2D eigenvalue weighted by atomic mass is 9.84. The molecule has 2 fully saturated rings. The third kappa shape index (κ3) is 2.04. The van der Waals surface area contributed by atoms with Crippen molar-refractivity contribution in [1.82, 2.24) is 4.90 Å². The fourth-order valence-electron chi connectivity index (χ4n) is 3.47. The van der Waals surface area contributed by atoms with E-state index in [1.807, 2.05) is 0 Å². The molecule has 0 spiro atoms. The molecule has 0 unspecified atom stereocenters. The molecule has 0 radical (unpaired) electrons. The molecule has 0 saturated carbocycles. The zero-order valence-corrected chi connectivity index (χ0v) is 10.0. The highest BCUT2D eigenvalue weighted by molar-refractivity contribution is 5.06. The van der Waals surface area contributed by atoms with E-state index in [1.165, 1.54) is 0 Å². The molecule has 3 heteroatoms. The van der Waals surface area contributed by atoms with Gasteiger partial charge in [0.1, 0.15) is 6.17 Å². The van der Waals surface area contributed by atoms with Crippen LogP contribution in [0.25, 0.3) is 0 Å². The van der Waals surface area contributed by atoms with Crippen molar-refractivity contribution in [2.45, 2.75) is 50.9 Å². The van der Waals surface area contributed by atoms with Gasteiger partial charge >= 0.3 is 0 Å². The molecule has 2 aliphatic heterocycles. The molecule has 2 saturated heterocycles. The third-order valence-electron chi connectivity index (χ3n) is 3.84. The van der Waals surface area contributed by atoms with Crippen LogP contribution in [-0.4, -0.2) is 42.9 Å². The summed E-state index contributed by atoms with van der Waals surface area (Å²) in [6.45, 7) is 5.98. The molecule has 88 valence electrons. The molecular weight excluding hydrogens is 193 g/mol. The van der Waals surface area contributed by atoms with E-state index in [9.17, 15) is 4.39 Å². The van der Waals surface area contributed by atoms with Gasteiger partial charge in [-0.1, -0.05) is 13.8 Å². The van der Waals surface area contributed by atoms with Crippen LogP contribution in [0, 0.1) is 5.92 Å². The first kappa shape index (κ1) is 11.3. The molecule has 0 aliphatic carbocycles. The van der Waals surface area contributed by atoms with Gasteiger partial charge in [-0.05, 0) is 25.2 Å². The average molecular weight is 215 g/mol. The second-order valence-corrected chi connectivity index (χ2v) is 5.59. The number of ether oxygens (including phenoxy) is 1. The molecule has 2 nitrogen and oxygen atoms in total. The summed E-state index contributed by atoms with van der Waals surface area (Å²) in [5.41, 5.74) is 0.105. The molecule has 3 atom stereocenters. The van der Waals surface area contributed by atoms with Gasteiger partial charge in [0, 0.05) is 25.7 Å². The summed E-state index contributed by atoms with van der Waals surface area (Å²) in [5, 5.41) is 0. The van der Waals surface area contributed by atoms with Gasteiger partial charge in [0.25, 0.3) is 0 Å². The zero-order chi connectivity index (χ0) is 11.1. The molecule has 0 aromatic rings. The van der Waals surface area contributed by atoms with Gasteiger partial charge in [-0.15, -0.1) is 0 Å². The maximum absolute atomic E-state index is 13.5. The predicted molar refractivity (Wildman–Crippen MR) is 58.7 cm³/mol. The first-order valence-corrected chi connectivity index (χ1v) is 5.97. The number of nitrogens with zero attached hydrogens (tertiary/aromatic N) is 1. The van der Waals surface area contributed by atoms with E-state index in [2.05, 4.69) is 18.7 Å². The molecule has 0 aromatic carbocycles. The van der Waals surface area contributed by atoms with E-state index in [0.29, 0.717) is 25.0 Å². The van der Waals surface area contributed by atoms with Crippen LogP contribution in [-0.2, 0) is 4.74 Å². The Hall–Kier alpha value is -0.150. The van der Waals surface area contributed by atoms with Gasteiger partial charge in [0.05, 0.1) is 6.10 Å². The van der Waals surface area contributed by atoms with Gasteiger partial charge in [-0.2, -0.15) is 0 Å². The van der Waals surface area contributed by atoms with Crippen molar-refractivity contribution in [1.29, 1.82) is 0 Å². The summed E-state index contributed by atoms with van der Waals surface area (Å²) in [5.74, 6) is 0.633. The highest BCUT2D eigenvalue weighted by Gasteiger charge is 2.52. The lowest BCUT2D eigenvalue weighted by Gasteiger charge is -2.33. The Morgan fingerprint density at radius 3 is 2.73 bits per heavy atom. The lowest BCUT2D eigenvalue weighted by Crippen LogP contribution is -2.39. The van der Waals surface area contributed by atoms with Crippen LogP contribution in [0.15, 0.2) is 0 Å². The van der Waals surface area contributed by atoms with E-state index >= 15 is 0 Å². The molecule has 0 bridgehead atoms. The second kappa shape index (κ2) is 4.02. The molecule has 2 rings (SSSR count). The molecular formula is C12H22FNO. The quantitative estimate of drug-likeness (QED) is 0.716. The van der Waals surface area contributed by atoms with Crippen LogP contribution in [0.5, 0.6) is 0 Å². The zero-order valence-electron chi connectivity index (χ0n) is 10.0. The van der Waals surface area contributed by atoms with Crippen molar-refractivity contribution < 1.29 is 9.13 Å². The Balaban J connectivity index is 2.10. The minimum absolute atomic E-state index is 0.105. The normalized spacial score (nSPS) is 41.4. The van der Waals surface area contributed by atoms with E-state index in [0.717, 1.165) is 19.4 Å². The van der Waals surface area contributed by atoms with E-state index in [-0.39, 0.29) is 5.54 Å². The Morgan fingerprint density at radius 1 is 1.40 bits per heavy atom. The summed E-state index contributed by atoms with van der Waals surface area (Å²) in [6, 6.07) is 0. The fraction of sp³-hybridized carbons (Fsp3) is 1.00. The summed E-state index contributed by atoms with van der Waals surface area (Å²) >= 11 is 0. The van der Waals surface area contributed by atoms with Crippen molar-refractivity contribution in [2.75, 3.05) is 20.2 Å². The van der Waals surface area contributed by atoms with Crippen LogP contribution < -0.4 is 0 Å².